The molecule has 1 heterocycles. The van der Waals surface area contributed by atoms with E-state index in [4.69, 9.17) is 5.73 Å². The Kier molecular flexibility index (Phi) is 5.41. The van der Waals surface area contributed by atoms with E-state index in [0.29, 0.717) is 0 Å². The third kappa shape index (κ3) is 3.31. The number of allylic oxidation sites excluding steroid dienone is 2. The van der Waals surface area contributed by atoms with Gasteiger partial charge in [0.25, 0.3) is 0 Å². The van der Waals surface area contributed by atoms with Crippen LogP contribution in [0.1, 0.15) is 18.2 Å². The maximum atomic E-state index is 13.8. The second kappa shape index (κ2) is 6.60. The molecule has 0 saturated carbocycles. The summed E-state index contributed by atoms with van der Waals surface area (Å²) in [5.74, 6) is -12.1. The van der Waals surface area contributed by atoms with Gasteiger partial charge in [0.1, 0.15) is 0 Å². The molecule has 0 spiro atoms. The summed E-state index contributed by atoms with van der Waals surface area (Å²) < 4.78 is 130. The van der Waals surface area contributed by atoms with Crippen molar-refractivity contribution in [2.45, 2.75) is 40.7 Å². The lowest BCUT2D eigenvalue weighted by Gasteiger charge is -2.35. The van der Waals surface area contributed by atoms with E-state index in [1.165, 1.54) is 47.7 Å². The highest BCUT2D eigenvalue weighted by atomic mass is 127. The van der Waals surface area contributed by atoms with Gasteiger partial charge in [-0.1, -0.05) is 18.2 Å². The number of hydrogen-bond acceptors (Lipinski definition) is 2. The van der Waals surface area contributed by atoms with E-state index >= 15 is 0 Å². The minimum Gasteiger partial charge on any atom is -0.321 e. The van der Waals surface area contributed by atoms with Gasteiger partial charge >= 0.3 is 24.2 Å². The fraction of sp³-hybridized carbons (Fsp3) is 0.500. The van der Waals surface area contributed by atoms with Gasteiger partial charge in [0.15, 0.2) is 9.24 Å². The first-order valence-electron chi connectivity index (χ1n) is 7.18. The topological polar surface area (TPSA) is 43.8 Å². The second-order valence-corrected chi connectivity index (χ2v) is 7.56. The van der Waals surface area contributed by atoms with Gasteiger partial charge in [-0.2, -0.15) is 49.0 Å². The normalized spacial score (nSPS) is 24.5. The standard InChI is InChI=1S/C14H10F10IN3/c1-6-3-2-4-8(26)10(6,25)28-5-7(11(15,16)13(19,20)21)9(27-28)12(17,18)14(22,23)24/h2-5,8H,26H2,1H3. The van der Waals surface area contributed by atoms with Crippen LogP contribution in [-0.4, -0.2) is 28.2 Å². The molecule has 1 aromatic rings. The molecule has 1 aromatic heterocycles. The van der Waals surface area contributed by atoms with Crippen molar-refractivity contribution in [2.75, 3.05) is 0 Å². The van der Waals surface area contributed by atoms with E-state index in [1.54, 1.807) is 0 Å². The SMILES string of the molecule is CC1=CC=CC(N)C1(I)n1cc(C(F)(F)C(F)(F)F)c(C(F)(F)C(F)(F)F)n1. The van der Waals surface area contributed by atoms with E-state index in [0.717, 1.165) is 0 Å². The second-order valence-electron chi connectivity index (χ2n) is 5.91. The molecule has 2 atom stereocenters. The molecular formula is C14H10F10IN3. The Balaban J connectivity index is 2.83. The van der Waals surface area contributed by atoms with E-state index in [9.17, 15) is 43.9 Å². The van der Waals surface area contributed by atoms with Gasteiger partial charge < -0.3 is 5.73 Å². The Morgan fingerprint density at radius 2 is 1.50 bits per heavy atom. The first-order chi connectivity index (χ1) is 12.4. The molecule has 0 aromatic carbocycles. The lowest BCUT2D eigenvalue weighted by molar-refractivity contribution is -0.302. The van der Waals surface area contributed by atoms with Crippen LogP contribution in [0.5, 0.6) is 0 Å². The van der Waals surface area contributed by atoms with E-state index < -0.39 is 45.0 Å². The molecule has 0 bridgehead atoms. The fourth-order valence-corrected chi connectivity index (χ4v) is 3.08. The summed E-state index contributed by atoms with van der Waals surface area (Å²) >= 11 is 1.44. The summed E-state index contributed by atoms with van der Waals surface area (Å²) in [6.07, 6.45) is -9.08. The van der Waals surface area contributed by atoms with Crippen LogP contribution in [0.25, 0.3) is 0 Å². The average molecular weight is 537 g/mol. The molecule has 0 saturated heterocycles. The van der Waals surface area contributed by atoms with Crippen molar-refractivity contribution in [3.63, 3.8) is 0 Å². The van der Waals surface area contributed by atoms with Crippen molar-refractivity contribution in [3.05, 3.63) is 41.3 Å². The zero-order valence-electron chi connectivity index (χ0n) is 13.5. The lowest BCUT2D eigenvalue weighted by atomic mass is 9.96. The van der Waals surface area contributed by atoms with Crippen molar-refractivity contribution < 1.29 is 43.9 Å². The highest BCUT2D eigenvalue weighted by Crippen LogP contribution is 2.52. The number of halogens is 11. The lowest BCUT2D eigenvalue weighted by Crippen LogP contribution is -2.46. The van der Waals surface area contributed by atoms with Gasteiger partial charge in [-0.05, 0) is 35.1 Å². The monoisotopic (exact) mass is 537 g/mol. The van der Waals surface area contributed by atoms with Crippen molar-refractivity contribution in [1.82, 2.24) is 9.78 Å². The average Bonchev–Trinajstić information content (AvgIpc) is 2.97. The van der Waals surface area contributed by atoms with Crippen LogP contribution in [0.3, 0.4) is 0 Å². The van der Waals surface area contributed by atoms with Crippen LogP contribution < -0.4 is 5.73 Å². The van der Waals surface area contributed by atoms with Crippen LogP contribution in [-0.2, 0) is 15.4 Å². The number of alkyl halides is 11. The predicted molar refractivity (Wildman–Crippen MR) is 85.0 cm³/mol. The minimum absolute atomic E-state index is 0.175. The first-order valence-corrected chi connectivity index (χ1v) is 8.26. The Labute approximate surface area is 164 Å². The van der Waals surface area contributed by atoms with Crippen LogP contribution >= 0.6 is 22.6 Å². The van der Waals surface area contributed by atoms with Gasteiger partial charge in [0, 0.05) is 6.20 Å². The molecule has 2 unspecified atom stereocenters. The summed E-state index contributed by atoms with van der Waals surface area (Å²) in [5.41, 5.74) is 0.598. The number of aromatic nitrogens is 2. The first kappa shape index (κ1) is 23.0. The number of nitrogens with two attached hydrogens (primary N) is 1. The molecule has 14 heteroatoms. The Bertz CT molecular complexity index is 777. The summed E-state index contributed by atoms with van der Waals surface area (Å²) in [7, 11) is 0. The number of hydrogen-bond donors (Lipinski definition) is 1. The molecule has 2 N–H and O–H groups in total. The highest BCUT2D eigenvalue weighted by Gasteiger charge is 2.68. The van der Waals surface area contributed by atoms with Gasteiger partial charge in [-0.3, -0.25) is 0 Å². The van der Waals surface area contributed by atoms with Crippen LogP contribution in [0, 0.1) is 0 Å². The summed E-state index contributed by atoms with van der Waals surface area (Å²) in [5, 5.41) is 2.83. The number of nitrogens with zero attached hydrogens (tertiary/aromatic N) is 2. The molecule has 28 heavy (non-hydrogen) atoms. The van der Waals surface area contributed by atoms with Crippen LogP contribution in [0.15, 0.2) is 30.0 Å². The third-order valence-electron chi connectivity index (χ3n) is 4.05. The Morgan fingerprint density at radius 1 is 1.00 bits per heavy atom. The van der Waals surface area contributed by atoms with E-state index in [2.05, 4.69) is 5.10 Å². The van der Waals surface area contributed by atoms with E-state index in [1.807, 2.05) is 0 Å². The van der Waals surface area contributed by atoms with Crippen molar-refractivity contribution >= 4 is 22.6 Å². The summed E-state index contributed by atoms with van der Waals surface area (Å²) in [4.78, 5) is 0. The largest absolute Gasteiger partial charge is 0.459 e. The molecular weight excluding hydrogens is 527 g/mol. The molecule has 2 rings (SSSR count). The maximum absolute atomic E-state index is 13.8. The van der Waals surface area contributed by atoms with Crippen molar-refractivity contribution in [1.29, 1.82) is 0 Å². The zero-order valence-corrected chi connectivity index (χ0v) is 15.7. The Morgan fingerprint density at radius 3 is 1.93 bits per heavy atom. The van der Waals surface area contributed by atoms with Gasteiger partial charge in [-0.25, -0.2) is 4.68 Å². The smallest absolute Gasteiger partial charge is 0.321 e. The van der Waals surface area contributed by atoms with Gasteiger partial charge in [-0.15, -0.1) is 0 Å². The molecule has 3 nitrogen and oxygen atoms in total. The fourth-order valence-electron chi connectivity index (χ4n) is 2.45. The van der Waals surface area contributed by atoms with Crippen molar-refractivity contribution in [2.24, 2.45) is 5.73 Å². The highest BCUT2D eigenvalue weighted by molar-refractivity contribution is 14.1. The molecule has 0 fully saturated rings. The summed E-state index contributed by atoms with van der Waals surface area (Å²) in [6, 6.07) is -1.17. The predicted octanol–water partition coefficient (Wildman–Crippen LogP) is 5.12. The van der Waals surface area contributed by atoms with Crippen LogP contribution in [0.4, 0.5) is 43.9 Å². The third-order valence-corrected chi connectivity index (χ3v) is 6.12. The number of rotatable bonds is 3. The molecule has 0 aliphatic heterocycles. The zero-order chi connectivity index (χ0) is 21.9. The van der Waals surface area contributed by atoms with Gasteiger partial charge in [0.2, 0.25) is 0 Å². The molecule has 0 amide bonds. The summed E-state index contributed by atoms with van der Waals surface area (Å²) in [6.45, 7) is 1.33. The minimum atomic E-state index is -6.46. The van der Waals surface area contributed by atoms with E-state index in [-0.39, 0.29) is 16.5 Å². The molecule has 158 valence electrons. The van der Waals surface area contributed by atoms with Crippen LogP contribution in [0.2, 0.25) is 0 Å². The van der Waals surface area contributed by atoms with Gasteiger partial charge in [0.05, 0.1) is 11.6 Å². The Hall–Kier alpha value is -1.32. The molecule has 1 aliphatic rings. The molecule has 1 aliphatic carbocycles. The quantitative estimate of drug-likeness (QED) is 0.331. The van der Waals surface area contributed by atoms with Crippen molar-refractivity contribution in [3.8, 4) is 0 Å². The maximum Gasteiger partial charge on any atom is 0.459 e. The molecule has 0 radical (unpaired) electrons.